The summed E-state index contributed by atoms with van der Waals surface area (Å²) in [4.78, 5) is 2.30. The molecule has 0 spiro atoms. The number of rotatable bonds is 3. The summed E-state index contributed by atoms with van der Waals surface area (Å²) in [6, 6.07) is 27.6. The zero-order valence-corrected chi connectivity index (χ0v) is 14.0. The number of halogens is 1. The average molecular weight is 385 g/mol. The molecule has 0 saturated carbocycles. The second-order valence-corrected chi connectivity index (χ2v) is 6.12. The summed E-state index contributed by atoms with van der Waals surface area (Å²) in [7, 11) is 0. The van der Waals surface area contributed by atoms with Crippen molar-refractivity contribution in [1.29, 1.82) is 0 Å². The Morgan fingerprint density at radius 3 is 2.10 bits per heavy atom. The molecule has 0 atom stereocenters. The maximum atomic E-state index is 2.40. The first-order chi connectivity index (χ1) is 10.3. The van der Waals surface area contributed by atoms with Gasteiger partial charge in [0.25, 0.3) is 0 Å². The van der Waals surface area contributed by atoms with Gasteiger partial charge in [-0.3, -0.25) is 0 Å². The van der Waals surface area contributed by atoms with Crippen LogP contribution in [-0.2, 0) is 0 Å². The van der Waals surface area contributed by atoms with Crippen molar-refractivity contribution in [2.45, 2.75) is 6.92 Å². The molecular formula is C19H16IN. The standard InChI is InChI=1S/C19H16IN/c1-15-8-7-11-17(14-15)21(16-9-3-2-4-10-16)19-13-6-5-12-18(19)20/h2-14H,1H3. The first-order valence-corrected chi connectivity index (χ1v) is 8.00. The zero-order chi connectivity index (χ0) is 14.7. The molecule has 0 amide bonds. The highest BCUT2D eigenvalue weighted by molar-refractivity contribution is 14.1. The number of hydrogen-bond acceptors (Lipinski definition) is 1. The molecule has 0 saturated heterocycles. The number of anilines is 3. The van der Waals surface area contributed by atoms with Crippen LogP contribution >= 0.6 is 22.6 Å². The van der Waals surface area contributed by atoms with Gasteiger partial charge in [0.05, 0.1) is 5.69 Å². The monoisotopic (exact) mass is 385 g/mol. The molecule has 2 heteroatoms. The van der Waals surface area contributed by atoms with Crippen LogP contribution in [-0.4, -0.2) is 0 Å². The molecule has 3 aromatic carbocycles. The predicted molar refractivity (Wildman–Crippen MR) is 98.6 cm³/mol. The summed E-state index contributed by atoms with van der Waals surface area (Å²) in [5.74, 6) is 0. The van der Waals surface area contributed by atoms with Gasteiger partial charge in [-0.2, -0.15) is 0 Å². The third kappa shape index (κ3) is 3.10. The highest BCUT2D eigenvalue weighted by atomic mass is 127. The Hall–Kier alpha value is -1.81. The molecule has 3 aromatic rings. The summed E-state index contributed by atoms with van der Waals surface area (Å²) in [5.41, 5.74) is 4.83. The molecule has 0 aromatic heterocycles. The smallest absolute Gasteiger partial charge is 0.0595 e. The zero-order valence-electron chi connectivity index (χ0n) is 11.8. The number of nitrogens with zero attached hydrogens (tertiary/aromatic N) is 1. The lowest BCUT2D eigenvalue weighted by Gasteiger charge is -2.26. The van der Waals surface area contributed by atoms with Crippen molar-refractivity contribution in [3.63, 3.8) is 0 Å². The molecule has 0 N–H and O–H groups in total. The van der Waals surface area contributed by atoms with E-state index in [1.807, 2.05) is 6.07 Å². The molecular weight excluding hydrogens is 369 g/mol. The quantitative estimate of drug-likeness (QED) is 0.495. The van der Waals surface area contributed by atoms with Gasteiger partial charge in [-0.05, 0) is 71.5 Å². The van der Waals surface area contributed by atoms with Gasteiger partial charge in [0.15, 0.2) is 0 Å². The van der Waals surface area contributed by atoms with Crippen LogP contribution in [0.2, 0.25) is 0 Å². The van der Waals surface area contributed by atoms with Gasteiger partial charge >= 0.3 is 0 Å². The van der Waals surface area contributed by atoms with Crippen LogP contribution in [0.3, 0.4) is 0 Å². The molecule has 1 nitrogen and oxygen atoms in total. The molecule has 3 rings (SSSR count). The Morgan fingerprint density at radius 2 is 1.38 bits per heavy atom. The van der Waals surface area contributed by atoms with Crippen molar-refractivity contribution in [2.75, 3.05) is 4.90 Å². The minimum Gasteiger partial charge on any atom is -0.309 e. The predicted octanol–water partition coefficient (Wildman–Crippen LogP) is 6.07. The van der Waals surface area contributed by atoms with Gasteiger partial charge in [0, 0.05) is 14.9 Å². The van der Waals surface area contributed by atoms with E-state index in [1.165, 1.54) is 26.2 Å². The highest BCUT2D eigenvalue weighted by Gasteiger charge is 2.14. The van der Waals surface area contributed by atoms with Gasteiger partial charge in [-0.25, -0.2) is 0 Å². The normalized spacial score (nSPS) is 10.4. The van der Waals surface area contributed by atoms with E-state index in [0.29, 0.717) is 0 Å². The van der Waals surface area contributed by atoms with E-state index in [1.54, 1.807) is 0 Å². The first-order valence-electron chi connectivity index (χ1n) is 6.92. The molecule has 0 aliphatic carbocycles. The summed E-state index contributed by atoms with van der Waals surface area (Å²) in [6.45, 7) is 2.13. The molecule has 0 aliphatic heterocycles. The summed E-state index contributed by atoms with van der Waals surface area (Å²) < 4.78 is 1.24. The second kappa shape index (κ2) is 6.31. The van der Waals surface area contributed by atoms with Crippen LogP contribution in [0.5, 0.6) is 0 Å². The fourth-order valence-electron chi connectivity index (χ4n) is 2.40. The first kappa shape index (κ1) is 14.1. The minimum absolute atomic E-state index is 1.17. The molecule has 0 aliphatic rings. The molecule has 0 heterocycles. The van der Waals surface area contributed by atoms with Crippen molar-refractivity contribution in [3.8, 4) is 0 Å². The molecule has 0 unspecified atom stereocenters. The van der Waals surface area contributed by atoms with E-state index in [-0.39, 0.29) is 0 Å². The highest BCUT2D eigenvalue weighted by Crippen LogP contribution is 2.36. The third-order valence-corrected chi connectivity index (χ3v) is 4.28. The minimum atomic E-state index is 1.17. The molecule has 0 radical (unpaired) electrons. The van der Waals surface area contributed by atoms with Crippen molar-refractivity contribution >= 4 is 39.7 Å². The maximum Gasteiger partial charge on any atom is 0.0595 e. The van der Waals surface area contributed by atoms with Gasteiger partial charge in [0.1, 0.15) is 0 Å². The Morgan fingerprint density at radius 1 is 0.714 bits per heavy atom. The summed E-state index contributed by atoms with van der Waals surface area (Å²) in [5, 5.41) is 0. The van der Waals surface area contributed by atoms with Crippen molar-refractivity contribution < 1.29 is 0 Å². The summed E-state index contributed by atoms with van der Waals surface area (Å²) >= 11 is 2.40. The lowest BCUT2D eigenvalue weighted by molar-refractivity contribution is 1.26. The van der Waals surface area contributed by atoms with E-state index < -0.39 is 0 Å². The SMILES string of the molecule is Cc1cccc(N(c2ccccc2)c2ccccc2I)c1. The van der Waals surface area contributed by atoms with Crippen LogP contribution < -0.4 is 4.90 Å². The Bertz CT molecular complexity index is 737. The summed E-state index contributed by atoms with van der Waals surface area (Å²) in [6.07, 6.45) is 0. The van der Waals surface area contributed by atoms with Crippen LogP contribution in [0.25, 0.3) is 0 Å². The topological polar surface area (TPSA) is 3.24 Å². The number of aryl methyl sites for hydroxylation is 1. The van der Waals surface area contributed by atoms with E-state index in [2.05, 4.69) is 107 Å². The maximum absolute atomic E-state index is 2.40. The molecule has 21 heavy (non-hydrogen) atoms. The Balaban J connectivity index is 2.19. The van der Waals surface area contributed by atoms with Gasteiger partial charge < -0.3 is 4.90 Å². The van der Waals surface area contributed by atoms with Gasteiger partial charge in [-0.15, -0.1) is 0 Å². The number of benzene rings is 3. The third-order valence-electron chi connectivity index (χ3n) is 3.37. The van der Waals surface area contributed by atoms with E-state index in [4.69, 9.17) is 0 Å². The number of hydrogen-bond donors (Lipinski definition) is 0. The molecule has 104 valence electrons. The Kier molecular flexibility index (Phi) is 4.25. The van der Waals surface area contributed by atoms with Crippen LogP contribution in [0.15, 0.2) is 78.9 Å². The van der Waals surface area contributed by atoms with Gasteiger partial charge in [-0.1, -0.05) is 42.5 Å². The second-order valence-electron chi connectivity index (χ2n) is 4.96. The fraction of sp³-hybridized carbons (Fsp3) is 0.0526. The lowest BCUT2D eigenvalue weighted by Crippen LogP contribution is -2.11. The van der Waals surface area contributed by atoms with E-state index >= 15 is 0 Å². The van der Waals surface area contributed by atoms with Crippen molar-refractivity contribution in [1.82, 2.24) is 0 Å². The largest absolute Gasteiger partial charge is 0.309 e. The molecule has 0 fully saturated rings. The van der Waals surface area contributed by atoms with E-state index in [9.17, 15) is 0 Å². The van der Waals surface area contributed by atoms with Crippen LogP contribution in [0.4, 0.5) is 17.1 Å². The Labute approximate surface area is 139 Å². The van der Waals surface area contributed by atoms with Gasteiger partial charge in [0.2, 0.25) is 0 Å². The fourth-order valence-corrected chi connectivity index (χ4v) is 3.03. The lowest BCUT2D eigenvalue weighted by atomic mass is 10.1. The van der Waals surface area contributed by atoms with Crippen LogP contribution in [0.1, 0.15) is 5.56 Å². The van der Waals surface area contributed by atoms with Crippen molar-refractivity contribution in [2.24, 2.45) is 0 Å². The van der Waals surface area contributed by atoms with Crippen molar-refractivity contribution in [3.05, 3.63) is 88.0 Å². The number of para-hydroxylation sites is 2. The van der Waals surface area contributed by atoms with E-state index in [0.717, 1.165) is 0 Å². The molecule has 0 bridgehead atoms. The average Bonchev–Trinajstić information content (AvgIpc) is 2.51. The van der Waals surface area contributed by atoms with Crippen LogP contribution in [0, 0.1) is 10.5 Å².